The Kier molecular flexibility index (Phi) is 1.90. The van der Waals surface area contributed by atoms with E-state index < -0.39 is 0 Å². The highest BCUT2D eigenvalue weighted by Crippen LogP contribution is 2.30. The van der Waals surface area contributed by atoms with Crippen LogP contribution in [0, 0.1) is 5.92 Å². The second-order valence-corrected chi connectivity index (χ2v) is 4.98. The monoisotopic (exact) mass is 179 g/mol. The van der Waals surface area contributed by atoms with Gasteiger partial charge in [0.25, 0.3) is 0 Å². The van der Waals surface area contributed by atoms with E-state index in [0.29, 0.717) is 0 Å². The zero-order valence-corrected chi connectivity index (χ0v) is 8.62. The van der Waals surface area contributed by atoms with Crippen molar-refractivity contribution in [3.8, 4) is 0 Å². The van der Waals surface area contributed by atoms with Crippen LogP contribution in [0.2, 0.25) is 0 Å². The minimum Gasteiger partial charge on any atom is -0.184 e. The number of rotatable bonds is 2. The summed E-state index contributed by atoms with van der Waals surface area (Å²) in [6.07, 6.45) is 4.60. The fraction of sp³-hybridized carbons (Fsp3) is 0.800. The molecule has 13 heavy (non-hydrogen) atoms. The predicted octanol–water partition coefficient (Wildman–Crippen LogP) is 1.99. The predicted molar refractivity (Wildman–Crippen MR) is 51.4 cm³/mol. The number of hydrogen-bond donors (Lipinski definition) is 0. The van der Waals surface area contributed by atoms with Crippen molar-refractivity contribution in [2.75, 3.05) is 0 Å². The first-order valence-corrected chi connectivity index (χ1v) is 4.96. The maximum Gasteiger partial charge on any atom is 0.0880 e. The van der Waals surface area contributed by atoms with Crippen LogP contribution in [0.1, 0.15) is 39.3 Å². The first-order valence-electron chi connectivity index (χ1n) is 4.96. The lowest BCUT2D eigenvalue weighted by atomic mass is 9.93. The molecule has 1 saturated carbocycles. The quantitative estimate of drug-likeness (QED) is 0.695. The van der Waals surface area contributed by atoms with Crippen LogP contribution in [0.4, 0.5) is 0 Å². The van der Waals surface area contributed by atoms with Gasteiger partial charge in [-0.15, -0.1) is 0 Å². The van der Waals surface area contributed by atoms with E-state index in [0.717, 1.165) is 18.2 Å². The van der Waals surface area contributed by atoms with Gasteiger partial charge >= 0.3 is 0 Å². The van der Waals surface area contributed by atoms with Gasteiger partial charge in [0.1, 0.15) is 0 Å². The zero-order valence-electron chi connectivity index (χ0n) is 8.62. The molecule has 1 heterocycles. The Hall–Kier alpha value is -0.860. The molecular weight excluding hydrogens is 162 g/mol. The van der Waals surface area contributed by atoms with E-state index in [1.165, 1.54) is 12.8 Å². The van der Waals surface area contributed by atoms with Crippen LogP contribution in [0.5, 0.6) is 0 Å². The van der Waals surface area contributed by atoms with Crippen molar-refractivity contribution in [3.05, 3.63) is 11.9 Å². The Morgan fingerprint density at radius 1 is 1.46 bits per heavy atom. The molecule has 0 unspecified atom stereocenters. The Labute approximate surface area is 79.1 Å². The van der Waals surface area contributed by atoms with Crippen molar-refractivity contribution in [1.29, 1.82) is 0 Å². The Morgan fingerprint density at radius 3 is 2.62 bits per heavy atom. The molecule has 0 N–H and O–H groups in total. The highest BCUT2D eigenvalue weighted by atomic mass is 15.5. The summed E-state index contributed by atoms with van der Waals surface area (Å²) in [5.41, 5.74) is 1.22. The molecule has 0 atom stereocenters. The second-order valence-electron chi connectivity index (χ2n) is 4.98. The van der Waals surface area contributed by atoms with Gasteiger partial charge in [0.15, 0.2) is 0 Å². The highest BCUT2D eigenvalue weighted by molar-refractivity contribution is 5.05. The molecule has 1 aliphatic carbocycles. The molecule has 1 aromatic rings. The van der Waals surface area contributed by atoms with Gasteiger partial charge in [-0.25, -0.2) is 0 Å². The lowest BCUT2D eigenvalue weighted by molar-refractivity contribution is 0.477. The van der Waals surface area contributed by atoms with Gasteiger partial charge in [-0.05, 0) is 18.8 Å². The van der Waals surface area contributed by atoms with Gasteiger partial charge in [0.05, 0.1) is 18.4 Å². The molecule has 0 saturated heterocycles. The summed E-state index contributed by atoms with van der Waals surface area (Å²) in [5.74, 6) is 0.847. The molecule has 1 aromatic heterocycles. The summed E-state index contributed by atoms with van der Waals surface area (Å²) in [6.45, 7) is 7.51. The first kappa shape index (κ1) is 8.73. The SMILES string of the molecule is CC(C)(C)c1cnn(CC2CC2)n1. The molecule has 0 radical (unpaired) electrons. The van der Waals surface area contributed by atoms with E-state index in [9.17, 15) is 0 Å². The van der Waals surface area contributed by atoms with E-state index >= 15 is 0 Å². The van der Waals surface area contributed by atoms with Gasteiger partial charge in [-0.3, -0.25) is 0 Å². The van der Waals surface area contributed by atoms with Gasteiger partial charge in [0.2, 0.25) is 0 Å². The lowest BCUT2D eigenvalue weighted by Gasteiger charge is -2.13. The molecule has 1 aliphatic rings. The minimum atomic E-state index is 0.127. The number of aromatic nitrogens is 3. The third-order valence-corrected chi connectivity index (χ3v) is 2.42. The van der Waals surface area contributed by atoms with Crippen molar-refractivity contribution in [3.63, 3.8) is 0 Å². The largest absolute Gasteiger partial charge is 0.184 e. The average molecular weight is 179 g/mol. The topological polar surface area (TPSA) is 30.7 Å². The van der Waals surface area contributed by atoms with Crippen molar-refractivity contribution in [2.45, 2.75) is 45.6 Å². The summed E-state index contributed by atoms with van der Waals surface area (Å²) in [4.78, 5) is 1.85. The van der Waals surface area contributed by atoms with Crippen LogP contribution >= 0.6 is 0 Å². The summed E-state index contributed by atoms with van der Waals surface area (Å²) in [5, 5.41) is 8.74. The maximum absolute atomic E-state index is 4.47. The summed E-state index contributed by atoms with van der Waals surface area (Å²) in [6, 6.07) is 0. The zero-order chi connectivity index (χ0) is 9.47. The molecule has 72 valence electrons. The van der Waals surface area contributed by atoms with E-state index in [4.69, 9.17) is 0 Å². The second kappa shape index (κ2) is 2.82. The maximum atomic E-state index is 4.47. The molecule has 3 nitrogen and oxygen atoms in total. The Bertz CT molecular complexity index is 291. The molecule has 3 heteroatoms. The molecule has 0 bridgehead atoms. The Balaban J connectivity index is 2.08. The number of nitrogens with zero attached hydrogens (tertiary/aromatic N) is 3. The normalized spacial score (nSPS) is 17.8. The fourth-order valence-electron chi connectivity index (χ4n) is 1.26. The van der Waals surface area contributed by atoms with E-state index in [1.807, 2.05) is 11.0 Å². The van der Waals surface area contributed by atoms with Crippen molar-refractivity contribution in [2.24, 2.45) is 5.92 Å². The molecule has 2 rings (SSSR count). The summed E-state index contributed by atoms with van der Waals surface area (Å²) >= 11 is 0. The molecule has 1 fully saturated rings. The Morgan fingerprint density at radius 2 is 2.15 bits per heavy atom. The van der Waals surface area contributed by atoms with Crippen LogP contribution in [-0.4, -0.2) is 15.0 Å². The van der Waals surface area contributed by atoms with Crippen LogP contribution in [0.15, 0.2) is 6.20 Å². The van der Waals surface area contributed by atoms with Crippen molar-refractivity contribution < 1.29 is 0 Å². The minimum absolute atomic E-state index is 0.127. The van der Waals surface area contributed by atoms with Crippen LogP contribution in [-0.2, 0) is 12.0 Å². The van der Waals surface area contributed by atoms with Crippen LogP contribution in [0.25, 0.3) is 0 Å². The lowest BCUT2D eigenvalue weighted by Crippen LogP contribution is -2.13. The molecule has 0 aliphatic heterocycles. The van der Waals surface area contributed by atoms with Crippen molar-refractivity contribution in [1.82, 2.24) is 15.0 Å². The van der Waals surface area contributed by atoms with Gasteiger partial charge in [0, 0.05) is 5.41 Å². The molecular formula is C10H17N3. The van der Waals surface area contributed by atoms with Crippen LogP contribution < -0.4 is 0 Å². The molecule has 0 aromatic carbocycles. The summed E-state index contributed by atoms with van der Waals surface area (Å²) < 4.78 is 0. The smallest absolute Gasteiger partial charge is 0.0880 e. The van der Waals surface area contributed by atoms with Gasteiger partial charge in [-0.1, -0.05) is 20.8 Å². The highest BCUT2D eigenvalue weighted by Gasteiger charge is 2.24. The standard InChI is InChI=1S/C10H17N3/c1-10(2,3)9-6-11-13(12-9)7-8-4-5-8/h6,8H,4-5,7H2,1-3H3. The summed E-state index contributed by atoms with van der Waals surface area (Å²) in [7, 11) is 0. The van der Waals surface area contributed by atoms with Crippen molar-refractivity contribution >= 4 is 0 Å². The number of hydrogen-bond acceptors (Lipinski definition) is 2. The molecule has 0 amide bonds. The van der Waals surface area contributed by atoms with Gasteiger partial charge in [-0.2, -0.15) is 15.0 Å². The third kappa shape index (κ3) is 2.08. The van der Waals surface area contributed by atoms with Gasteiger partial charge < -0.3 is 0 Å². The van der Waals surface area contributed by atoms with E-state index in [2.05, 4.69) is 31.0 Å². The average Bonchev–Trinajstić information content (AvgIpc) is 2.63. The fourth-order valence-corrected chi connectivity index (χ4v) is 1.26. The van der Waals surface area contributed by atoms with Crippen LogP contribution in [0.3, 0.4) is 0 Å². The molecule has 0 spiro atoms. The first-order chi connectivity index (χ1) is 6.05. The third-order valence-electron chi connectivity index (χ3n) is 2.42. The van der Waals surface area contributed by atoms with E-state index in [1.54, 1.807) is 0 Å². The van der Waals surface area contributed by atoms with E-state index in [-0.39, 0.29) is 5.41 Å².